The number of hydrogen-bond donors (Lipinski definition) is 1. The number of carboxylic acids is 1. The summed E-state index contributed by atoms with van der Waals surface area (Å²) in [4.78, 5) is 13.2. The Bertz CT molecular complexity index is 594. The third kappa shape index (κ3) is 2.52. The Morgan fingerprint density at radius 3 is 2.80 bits per heavy atom. The van der Waals surface area contributed by atoms with Gasteiger partial charge in [0.2, 0.25) is 0 Å². The van der Waals surface area contributed by atoms with Crippen molar-refractivity contribution in [3.63, 3.8) is 0 Å². The molecule has 104 valence electrons. The van der Waals surface area contributed by atoms with Gasteiger partial charge in [0.25, 0.3) is 0 Å². The number of carboxylic acid groups (broad SMARTS) is 1. The minimum absolute atomic E-state index is 0.274. The Morgan fingerprint density at radius 2 is 2.05 bits per heavy atom. The first-order chi connectivity index (χ1) is 9.74. The standard InChI is InChI=1S/C15H17N3O2/c19-15(20)12-5-4-8-17(10-12)14-9-16-18(11-14)13-6-2-1-3-7-13/h1-3,6-7,9,11-12H,4-5,8,10H2,(H,19,20). The van der Waals surface area contributed by atoms with Gasteiger partial charge in [-0.1, -0.05) is 18.2 Å². The van der Waals surface area contributed by atoms with E-state index < -0.39 is 5.97 Å². The smallest absolute Gasteiger partial charge is 0.308 e. The molecule has 1 N–H and O–H groups in total. The summed E-state index contributed by atoms with van der Waals surface area (Å²) in [6, 6.07) is 9.89. The third-order valence-corrected chi connectivity index (χ3v) is 3.73. The summed E-state index contributed by atoms with van der Waals surface area (Å²) in [5, 5.41) is 13.5. The highest BCUT2D eigenvalue weighted by Crippen LogP contribution is 2.23. The van der Waals surface area contributed by atoms with E-state index >= 15 is 0 Å². The molecule has 20 heavy (non-hydrogen) atoms. The van der Waals surface area contributed by atoms with Crippen LogP contribution in [0, 0.1) is 5.92 Å². The number of nitrogens with zero attached hydrogens (tertiary/aromatic N) is 3. The summed E-state index contributed by atoms with van der Waals surface area (Å²) in [7, 11) is 0. The molecular weight excluding hydrogens is 254 g/mol. The van der Waals surface area contributed by atoms with Gasteiger partial charge in [0.1, 0.15) is 0 Å². The van der Waals surface area contributed by atoms with Crippen LogP contribution in [-0.2, 0) is 4.79 Å². The highest BCUT2D eigenvalue weighted by Gasteiger charge is 2.26. The number of piperidine rings is 1. The van der Waals surface area contributed by atoms with Gasteiger partial charge in [-0.2, -0.15) is 5.10 Å². The largest absolute Gasteiger partial charge is 0.481 e. The average Bonchev–Trinajstić information content (AvgIpc) is 2.98. The fourth-order valence-corrected chi connectivity index (χ4v) is 2.61. The van der Waals surface area contributed by atoms with Crippen molar-refractivity contribution in [3.8, 4) is 5.69 Å². The number of aromatic nitrogens is 2. The molecule has 0 aliphatic carbocycles. The van der Waals surface area contributed by atoms with E-state index in [0.29, 0.717) is 6.54 Å². The van der Waals surface area contributed by atoms with Crippen molar-refractivity contribution >= 4 is 11.7 Å². The summed E-state index contributed by atoms with van der Waals surface area (Å²) in [6.07, 6.45) is 5.43. The maximum Gasteiger partial charge on any atom is 0.308 e. The number of hydrogen-bond acceptors (Lipinski definition) is 3. The van der Waals surface area contributed by atoms with Crippen molar-refractivity contribution in [1.82, 2.24) is 9.78 Å². The zero-order chi connectivity index (χ0) is 13.9. The maximum atomic E-state index is 11.1. The van der Waals surface area contributed by atoms with Crippen LogP contribution in [0.2, 0.25) is 0 Å². The molecule has 0 spiro atoms. The molecule has 5 nitrogen and oxygen atoms in total. The highest BCUT2D eigenvalue weighted by molar-refractivity contribution is 5.71. The topological polar surface area (TPSA) is 58.4 Å². The normalized spacial score (nSPS) is 19.0. The minimum Gasteiger partial charge on any atom is -0.481 e. The second-order valence-corrected chi connectivity index (χ2v) is 5.10. The van der Waals surface area contributed by atoms with E-state index in [2.05, 4.69) is 10.00 Å². The predicted octanol–water partition coefficient (Wildman–Crippen LogP) is 2.17. The van der Waals surface area contributed by atoms with Crippen LogP contribution in [0.1, 0.15) is 12.8 Å². The Morgan fingerprint density at radius 1 is 1.25 bits per heavy atom. The molecule has 0 bridgehead atoms. The van der Waals surface area contributed by atoms with Crippen molar-refractivity contribution in [3.05, 3.63) is 42.7 Å². The van der Waals surface area contributed by atoms with Crippen molar-refractivity contribution < 1.29 is 9.90 Å². The molecule has 0 saturated carbocycles. The van der Waals surface area contributed by atoms with E-state index in [0.717, 1.165) is 30.8 Å². The van der Waals surface area contributed by atoms with Crippen LogP contribution >= 0.6 is 0 Å². The van der Waals surface area contributed by atoms with Gasteiger partial charge in [-0.15, -0.1) is 0 Å². The van der Waals surface area contributed by atoms with Crippen LogP contribution in [0.5, 0.6) is 0 Å². The van der Waals surface area contributed by atoms with Crippen molar-refractivity contribution in [2.75, 3.05) is 18.0 Å². The molecule has 2 aromatic rings. The first-order valence-electron chi connectivity index (χ1n) is 6.82. The van der Waals surface area contributed by atoms with E-state index in [1.165, 1.54) is 0 Å². The first kappa shape index (κ1) is 12.7. The van der Waals surface area contributed by atoms with E-state index in [4.69, 9.17) is 5.11 Å². The van der Waals surface area contributed by atoms with Crippen molar-refractivity contribution in [2.45, 2.75) is 12.8 Å². The first-order valence-corrected chi connectivity index (χ1v) is 6.82. The van der Waals surface area contributed by atoms with Crippen LogP contribution in [0.25, 0.3) is 5.69 Å². The second kappa shape index (κ2) is 5.36. The number of carbonyl (C=O) groups is 1. The maximum absolute atomic E-state index is 11.1. The number of rotatable bonds is 3. The highest BCUT2D eigenvalue weighted by atomic mass is 16.4. The Hall–Kier alpha value is -2.30. The van der Waals surface area contributed by atoms with E-state index in [1.54, 1.807) is 6.20 Å². The Labute approximate surface area is 117 Å². The Balaban J connectivity index is 1.78. The summed E-state index contributed by atoms with van der Waals surface area (Å²) in [5.41, 5.74) is 1.99. The van der Waals surface area contributed by atoms with Gasteiger partial charge in [0.15, 0.2) is 0 Å². The minimum atomic E-state index is -0.704. The lowest BCUT2D eigenvalue weighted by molar-refractivity contribution is -0.141. The predicted molar refractivity (Wildman–Crippen MR) is 76.1 cm³/mol. The molecular formula is C15H17N3O2. The zero-order valence-corrected chi connectivity index (χ0v) is 11.1. The van der Waals surface area contributed by atoms with Gasteiger partial charge in [0.05, 0.1) is 29.7 Å². The molecule has 2 heterocycles. The molecule has 3 rings (SSSR count). The van der Waals surface area contributed by atoms with Crippen LogP contribution in [0.15, 0.2) is 42.7 Å². The third-order valence-electron chi connectivity index (χ3n) is 3.73. The van der Waals surface area contributed by atoms with Gasteiger partial charge in [-0.3, -0.25) is 4.79 Å². The number of aliphatic carboxylic acids is 1. The Kier molecular flexibility index (Phi) is 3.41. The summed E-state index contributed by atoms with van der Waals surface area (Å²) >= 11 is 0. The summed E-state index contributed by atoms with van der Waals surface area (Å²) < 4.78 is 1.82. The molecule has 1 atom stereocenters. The monoisotopic (exact) mass is 271 g/mol. The number of anilines is 1. The van der Waals surface area contributed by atoms with Crippen molar-refractivity contribution in [2.24, 2.45) is 5.92 Å². The van der Waals surface area contributed by atoms with Gasteiger partial charge in [-0.25, -0.2) is 4.68 Å². The zero-order valence-electron chi connectivity index (χ0n) is 11.1. The average molecular weight is 271 g/mol. The van der Waals surface area contributed by atoms with Gasteiger partial charge in [-0.05, 0) is 25.0 Å². The molecule has 1 fully saturated rings. The molecule has 1 aliphatic rings. The number of para-hydroxylation sites is 1. The van der Waals surface area contributed by atoms with E-state index in [1.807, 2.05) is 41.2 Å². The van der Waals surface area contributed by atoms with Gasteiger partial charge < -0.3 is 10.0 Å². The molecule has 0 amide bonds. The lowest BCUT2D eigenvalue weighted by atomic mass is 9.98. The molecule has 1 aromatic carbocycles. The number of benzene rings is 1. The van der Waals surface area contributed by atoms with Crippen LogP contribution < -0.4 is 4.90 Å². The fourth-order valence-electron chi connectivity index (χ4n) is 2.61. The van der Waals surface area contributed by atoms with E-state index in [9.17, 15) is 4.79 Å². The lowest BCUT2D eigenvalue weighted by Crippen LogP contribution is -2.38. The quantitative estimate of drug-likeness (QED) is 0.929. The van der Waals surface area contributed by atoms with Crippen LogP contribution in [-0.4, -0.2) is 33.9 Å². The second-order valence-electron chi connectivity index (χ2n) is 5.10. The van der Waals surface area contributed by atoms with E-state index in [-0.39, 0.29) is 5.92 Å². The summed E-state index contributed by atoms with van der Waals surface area (Å²) in [6.45, 7) is 1.46. The fraction of sp³-hybridized carbons (Fsp3) is 0.333. The lowest BCUT2D eigenvalue weighted by Gasteiger charge is -2.31. The van der Waals surface area contributed by atoms with Gasteiger partial charge >= 0.3 is 5.97 Å². The molecule has 1 unspecified atom stereocenters. The van der Waals surface area contributed by atoms with Gasteiger partial charge in [0, 0.05) is 13.1 Å². The molecule has 1 aromatic heterocycles. The van der Waals surface area contributed by atoms with Crippen molar-refractivity contribution in [1.29, 1.82) is 0 Å². The molecule has 5 heteroatoms. The SMILES string of the molecule is O=C(O)C1CCCN(c2cnn(-c3ccccc3)c2)C1. The molecule has 1 aliphatic heterocycles. The molecule has 0 radical (unpaired) electrons. The molecule has 1 saturated heterocycles. The summed E-state index contributed by atoms with van der Waals surface area (Å²) in [5.74, 6) is -0.978. The van der Waals surface area contributed by atoms with Crippen LogP contribution in [0.4, 0.5) is 5.69 Å². The van der Waals surface area contributed by atoms with Crippen LogP contribution in [0.3, 0.4) is 0 Å².